The second-order valence-corrected chi connectivity index (χ2v) is 6.98. The van der Waals surface area contributed by atoms with Crippen LogP contribution in [0.4, 0.5) is 0 Å². The maximum atomic E-state index is 6.00. The van der Waals surface area contributed by atoms with Crippen LogP contribution in [0, 0.1) is 0 Å². The van der Waals surface area contributed by atoms with Crippen molar-refractivity contribution < 1.29 is 4.74 Å². The van der Waals surface area contributed by atoms with E-state index >= 15 is 0 Å². The van der Waals surface area contributed by atoms with Gasteiger partial charge in [-0.1, -0.05) is 18.2 Å². The van der Waals surface area contributed by atoms with E-state index in [9.17, 15) is 0 Å². The summed E-state index contributed by atoms with van der Waals surface area (Å²) in [6, 6.07) is 10.1. The summed E-state index contributed by atoms with van der Waals surface area (Å²) in [5, 5.41) is 5.92. The van der Waals surface area contributed by atoms with Gasteiger partial charge < -0.3 is 9.30 Å². The van der Waals surface area contributed by atoms with Gasteiger partial charge in [0.15, 0.2) is 0 Å². The zero-order valence-electron chi connectivity index (χ0n) is 14.6. The first-order valence-electron chi connectivity index (χ1n) is 9.05. The van der Waals surface area contributed by atoms with Crippen molar-refractivity contribution in [2.75, 3.05) is 6.61 Å². The number of para-hydroxylation sites is 1. The Morgan fingerprint density at radius 2 is 2.04 bits per heavy atom. The second-order valence-electron chi connectivity index (χ2n) is 6.64. The second kappa shape index (κ2) is 6.79. The summed E-state index contributed by atoms with van der Waals surface area (Å²) in [5.41, 5.74) is 3.21. The Labute approximate surface area is 161 Å². The topological polar surface area (TPSA) is 57.8 Å². The van der Waals surface area contributed by atoms with Crippen molar-refractivity contribution in [1.29, 1.82) is 0 Å². The molecule has 7 heteroatoms. The van der Waals surface area contributed by atoms with Gasteiger partial charge in [-0.05, 0) is 43.0 Å². The molecule has 6 nitrogen and oxygen atoms in total. The Bertz CT molecular complexity index is 1100. The lowest BCUT2D eigenvalue weighted by atomic mass is 10.1. The number of aromatic nitrogens is 5. The van der Waals surface area contributed by atoms with Gasteiger partial charge in [-0.2, -0.15) is 10.1 Å². The van der Waals surface area contributed by atoms with Crippen LogP contribution < -0.4 is 0 Å². The fourth-order valence-corrected chi connectivity index (χ4v) is 3.77. The summed E-state index contributed by atoms with van der Waals surface area (Å²) in [5.74, 6) is 0.737. The highest BCUT2D eigenvalue weighted by molar-refractivity contribution is 6.28. The SMILES string of the molecule is Clc1nccc(-n2cc(-c3cnn(C4CCCCO4)c3)c3ccccc32)n1. The van der Waals surface area contributed by atoms with Gasteiger partial charge in [-0.25, -0.2) is 9.67 Å². The molecule has 0 saturated carbocycles. The Kier molecular flexibility index (Phi) is 4.14. The number of halogens is 1. The Hall–Kier alpha value is -2.70. The number of benzene rings is 1. The van der Waals surface area contributed by atoms with E-state index in [1.807, 2.05) is 33.6 Å². The molecule has 1 aromatic carbocycles. The van der Waals surface area contributed by atoms with Crippen molar-refractivity contribution in [3.8, 4) is 16.9 Å². The number of hydrogen-bond donors (Lipinski definition) is 0. The molecule has 0 N–H and O–H groups in total. The van der Waals surface area contributed by atoms with Crippen molar-refractivity contribution in [3.63, 3.8) is 0 Å². The van der Waals surface area contributed by atoms with Crippen LogP contribution in [-0.2, 0) is 4.74 Å². The van der Waals surface area contributed by atoms with E-state index in [0.29, 0.717) is 0 Å². The number of rotatable bonds is 3. The smallest absolute Gasteiger partial charge is 0.224 e. The molecule has 1 unspecified atom stereocenters. The third-order valence-corrected chi connectivity index (χ3v) is 5.12. The first-order chi connectivity index (χ1) is 13.3. The van der Waals surface area contributed by atoms with E-state index in [0.717, 1.165) is 47.3 Å². The maximum absolute atomic E-state index is 6.00. The van der Waals surface area contributed by atoms with Gasteiger partial charge in [0, 0.05) is 41.7 Å². The first-order valence-corrected chi connectivity index (χ1v) is 9.42. The molecule has 4 heterocycles. The molecule has 1 aliphatic heterocycles. The molecule has 1 aliphatic rings. The van der Waals surface area contributed by atoms with Crippen molar-refractivity contribution in [3.05, 3.63) is 60.4 Å². The molecule has 3 aromatic heterocycles. The third kappa shape index (κ3) is 3.01. The molecular formula is C20H18ClN5O. The molecule has 0 amide bonds. The van der Waals surface area contributed by atoms with Crippen LogP contribution in [0.2, 0.25) is 5.28 Å². The van der Waals surface area contributed by atoms with Crippen LogP contribution in [0.25, 0.3) is 27.8 Å². The van der Waals surface area contributed by atoms with Crippen LogP contribution in [-0.4, -0.2) is 30.9 Å². The van der Waals surface area contributed by atoms with E-state index in [1.165, 1.54) is 6.42 Å². The van der Waals surface area contributed by atoms with Gasteiger partial charge in [0.1, 0.15) is 12.0 Å². The molecule has 1 atom stereocenters. The lowest BCUT2D eigenvalue weighted by Gasteiger charge is -2.22. The molecule has 27 heavy (non-hydrogen) atoms. The van der Waals surface area contributed by atoms with Crippen molar-refractivity contribution in [2.24, 2.45) is 0 Å². The van der Waals surface area contributed by atoms with E-state index in [-0.39, 0.29) is 11.5 Å². The van der Waals surface area contributed by atoms with Gasteiger partial charge in [0.25, 0.3) is 0 Å². The molecule has 1 saturated heterocycles. The summed E-state index contributed by atoms with van der Waals surface area (Å²) < 4.78 is 9.82. The predicted octanol–water partition coefficient (Wildman–Crippen LogP) is 4.64. The molecule has 0 aliphatic carbocycles. The molecule has 1 fully saturated rings. The maximum Gasteiger partial charge on any atom is 0.224 e. The predicted molar refractivity (Wildman–Crippen MR) is 104 cm³/mol. The Morgan fingerprint density at radius 1 is 1.11 bits per heavy atom. The summed E-state index contributed by atoms with van der Waals surface area (Å²) >= 11 is 6.00. The highest BCUT2D eigenvalue weighted by Crippen LogP contribution is 2.33. The minimum Gasteiger partial charge on any atom is -0.357 e. The molecule has 0 spiro atoms. The monoisotopic (exact) mass is 379 g/mol. The summed E-state index contributed by atoms with van der Waals surface area (Å²) in [4.78, 5) is 8.33. The standard InChI is InChI=1S/C20H18ClN5O/c21-20-22-9-8-18(24-20)25-13-16(15-5-1-2-6-17(15)25)14-11-23-26(12-14)19-7-3-4-10-27-19/h1-2,5-6,8-9,11-13,19H,3-4,7,10H2. The van der Waals surface area contributed by atoms with Crippen molar-refractivity contribution in [1.82, 2.24) is 24.3 Å². The number of ether oxygens (including phenoxy) is 1. The Morgan fingerprint density at radius 3 is 2.89 bits per heavy atom. The lowest BCUT2D eigenvalue weighted by molar-refractivity contribution is -0.0394. The van der Waals surface area contributed by atoms with Crippen molar-refractivity contribution >= 4 is 22.5 Å². The van der Waals surface area contributed by atoms with Gasteiger partial charge in [0.2, 0.25) is 5.28 Å². The largest absolute Gasteiger partial charge is 0.357 e. The van der Waals surface area contributed by atoms with Crippen LogP contribution in [0.5, 0.6) is 0 Å². The molecule has 0 radical (unpaired) electrons. The summed E-state index contributed by atoms with van der Waals surface area (Å²) in [6.07, 6.45) is 11.0. The van der Waals surface area contributed by atoms with E-state index < -0.39 is 0 Å². The quantitative estimate of drug-likeness (QED) is 0.487. The third-order valence-electron chi connectivity index (χ3n) is 4.93. The number of nitrogens with zero attached hydrogens (tertiary/aromatic N) is 5. The van der Waals surface area contributed by atoms with Gasteiger partial charge in [-0.3, -0.25) is 0 Å². The highest BCUT2D eigenvalue weighted by atomic mass is 35.5. The van der Waals surface area contributed by atoms with Crippen LogP contribution in [0.1, 0.15) is 25.5 Å². The Balaban J connectivity index is 1.61. The zero-order valence-corrected chi connectivity index (χ0v) is 15.4. The number of fused-ring (bicyclic) bond motifs is 1. The van der Waals surface area contributed by atoms with E-state index in [4.69, 9.17) is 16.3 Å². The highest BCUT2D eigenvalue weighted by Gasteiger charge is 2.18. The van der Waals surface area contributed by atoms with Crippen LogP contribution >= 0.6 is 11.6 Å². The van der Waals surface area contributed by atoms with E-state index in [1.54, 1.807) is 6.20 Å². The van der Waals surface area contributed by atoms with Gasteiger partial charge in [-0.15, -0.1) is 0 Å². The zero-order chi connectivity index (χ0) is 18.2. The molecule has 0 bridgehead atoms. The van der Waals surface area contributed by atoms with Crippen LogP contribution in [0.15, 0.2) is 55.1 Å². The van der Waals surface area contributed by atoms with E-state index in [2.05, 4.69) is 39.6 Å². The first kappa shape index (κ1) is 16.5. The average molecular weight is 380 g/mol. The molecule has 5 rings (SSSR count). The molecular weight excluding hydrogens is 362 g/mol. The normalized spacial score (nSPS) is 17.4. The van der Waals surface area contributed by atoms with Crippen molar-refractivity contribution in [2.45, 2.75) is 25.5 Å². The lowest BCUT2D eigenvalue weighted by Crippen LogP contribution is -2.18. The van der Waals surface area contributed by atoms with Crippen LogP contribution in [0.3, 0.4) is 0 Å². The minimum atomic E-state index is 0.0292. The van der Waals surface area contributed by atoms with Gasteiger partial charge >= 0.3 is 0 Å². The summed E-state index contributed by atoms with van der Waals surface area (Å²) in [7, 11) is 0. The van der Waals surface area contributed by atoms with Gasteiger partial charge in [0.05, 0.1) is 11.7 Å². The fourth-order valence-electron chi connectivity index (χ4n) is 3.63. The summed E-state index contributed by atoms with van der Waals surface area (Å²) in [6.45, 7) is 0.799. The fraction of sp³-hybridized carbons (Fsp3) is 0.250. The number of hydrogen-bond acceptors (Lipinski definition) is 4. The average Bonchev–Trinajstić information content (AvgIpc) is 3.34. The molecule has 4 aromatic rings. The minimum absolute atomic E-state index is 0.0292. The molecule has 136 valence electrons.